The Balaban J connectivity index is 1.31. The number of hydrogen-bond acceptors (Lipinski definition) is 8. The van der Waals surface area contributed by atoms with Gasteiger partial charge in [0.25, 0.3) is 0 Å². The highest BCUT2D eigenvalue weighted by molar-refractivity contribution is 8.76. The summed E-state index contributed by atoms with van der Waals surface area (Å²) in [5, 5.41) is 0. The second kappa shape index (κ2) is 15.2. The average molecular weight is 644 g/mol. The van der Waals surface area contributed by atoms with E-state index < -0.39 is 0 Å². The molecule has 44 heavy (non-hydrogen) atoms. The number of rotatable bonds is 14. The van der Waals surface area contributed by atoms with Gasteiger partial charge in [0, 0.05) is 72.5 Å². The number of carbonyl (C=O) groups excluding carboxylic acids is 1. The third kappa shape index (κ3) is 7.71. The Morgan fingerprint density at radius 2 is 1.64 bits per heavy atom. The van der Waals surface area contributed by atoms with Gasteiger partial charge in [-0.2, -0.15) is 0 Å². The molecule has 4 aromatic rings. The Hall–Kier alpha value is -3.20. The number of hydrogen-bond donors (Lipinski definition) is 0. The molecule has 0 aliphatic carbocycles. The van der Waals surface area contributed by atoms with Crippen LogP contribution in [0.25, 0.3) is 0 Å². The second-order valence-corrected chi connectivity index (χ2v) is 14.7. The van der Waals surface area contributed by atoms with Gasteiger partial charge < -0.3 is 24.2 Å². The van der Waals surface area contributed by atoms with Crippen molar-refractivity contribution >= 4 is 62.4 Å². The summed E-state index contributed by atoms with van der Waals surface area (Å²) in [6, 6.07) is 28.3. The molecule has 0 fully saturated rings. The minimum absolute atomic E-state index is 0.523. The van der Waals surface area contributed by atoms with Crippen LogP contribution in [0.1, 0.15) is 36.5 Å². The molecule has 1 aliphatic rings. The number of anilines is 4. The fraction of sp³-hybridized carbons (Fsp3) is 0.306. The highest BCUT2D eigenvalue weighted by atomic mass is 33.1. The molecule has 4 aromatic carbocycles. The summed E-state index contributed by atoms with van der Waals surface area (Å²) in [4.78, 5) is 21.3. The van der Waals surface area contributed by atoms with Crippen molar-refractivity contribution < 1.29 is 9.53 Å². The van der Waals surface area contributed by atoms with E-state index in [1.165, 1.54) is 48.6 Å². The average Bonchev–Trinajstić information content (AvgIpc) is 3.03. The summed E-state index contributed by atoms with van der Waals surface area (Å²) in [6.45, 7) is 6.83. The molecule has 0 saturated carbocycles. The van der Waals surface area contributed by atoms with Crippen molar-refractivity contribution in [2.45, 2.75) is 54.5 Å². The number of nitrogens with zero attached hydrogens (tertiary/aromatic N) is 3. The van der Waals surface area contributed by atoms with Gasteiger partial charge in [-0.15, -0.1) is 0 Å². The van der Waals surface area contributed by atoms with Gasteiger partial charge in [-0.05, 0) is 84.6 Å². The first-order valence-corrected chi connectivity index (χ1v) is 18.2. The molecule has 0 atom stereocenters. The van der Waals surface area contributed by atoms with E-state index in [1.807, 2.05) is 11.8 Å². The monoisotopic (exact) mass is 643 g/mol. The van der Waals surface area contributed by atoms with E-state index in [2.05, 4.69) is 129 Å². The molecular formula is C36H41N3O2S3. The number of aldehydes is 1. The molecule has 1 heterocycles. The minimum Gasteiger partial charge on any atom is -0.489 e. The zero-order chi connectivity index (χ0) is 31.1. The molecule has 5 nitrogen and oxygen atoms in total. The fourth-order valence-electron chi connectivity index (χ4n) is 5.26. The summed E-state index contributed by atoms with van der Waals surface area (Å²) in [5.41, 5.74) is 8.71. The maximum Gasteiger partial charge on any atom is 0.120 e. The lowest BCUT2D eigenvalue weighted by Gasteiger charge is -2.35. The fourth-order valence-corrected chi connectivity index (χ4v) is 8.42. The van der Waals surface area contributed by atoms with Gasteiger partial charge in [0.05, 0.1) is 11.4 Å². The number of fused-ring (bicyclic) bond motifs is 2. The predicted octanol–water partition coefficient (Wildman–Crippen LogP) is 9.62. The van der Waals surface area contributed by atoms with Crippen molar-refractivity contribution in [3.63, 3.8) is 0 Å². The standard InChI is InChI=1S/C36H41N3O2S3/c1-6-20-38(5)32-18-19-34-36(26(32)2)43-35-23-29(37(3)4)12-17-33(35)39(34)24-27-8-13-30(14-9-27)41-25-28-10-15-31(16-11-28)44-42-22-7-21-40/h8-19,21,23H,6-7,20,22,24-25H2,1-5H3. The smallest absolute Gasteiger partial charge is 0.120 e. The van der Waals surface area contributed by atoms with E-state index in [-0.39, 0.29) is 0 Å². The van der Waals surface area contributed by atoms with Crippen molar-refractivity contribution in [1.82, 2.24) is 0 Å². The summed E-state index contributed by atoms with van der Waals surface area (Å²) >= 11 is 1.89. The van der Waals surface area contributed by atoms with Crippen LogP contribution >= 0.6 is 33.3 Å². The summed E-state index contributed by atoms with van der Waals surface area (Å²) < 4.78 is 6.13. The first-order valence-electron chi connectivity index (χ1n) is 15.0. The molecule has 0 saturated heterocycles. The van der Waals surface area contributed by atoms with Gasteiger partial charge >= 0.3 is 0 Å². The third-order valence-corrected chi connectivity index (χ3v) is 11.3. The molecule has 0 unspecified atom stereocenters. The highest BCUT2D eigenvalue weighted by Crippen LogP contribution is 2.52. The highest BCUT2D eigenvalue weighted by Gasteiger charge is 2.27. The van der Waals surface area contributed by atoms with E-state index in [4.69, 9.17) is 4.74 Å². The van der Waals surface area contributed by atoms with Gasteiger partial charge in [-0.25, -0.2) is 0 Å². The summed E-state index contributed by atoms with van der Waals surface area (Å²) in [7, 11) is 9.80. The van der Waals surface area contributed by atoms with Crippen LogP contribution in [0, 0.1) is 6.92 Å². The summed E-state index contributed by atoms with van der Waals surface area (Å²) in [5.74, 6) is 1.70. The Kier molecular flexibility index (Phi) is 11.1. The predicted molar refractivity (Wildman–Crippen MR) is 192 cm³/mol. The molecule has 0 bridgehead atoms. The topological polar surface area (TPSA) is 36.0 Å². The first kappa shape index (κ1) is 32.2. The molecule has 0 spiro atoms. The van der Waals surface area contributed by atoms with E-state index in [0.717, 1.165) is 42.9 Å². The molecule has 230 valence electrons. The lowest BCUT2D eigenvalue weighted by atomic mass is 10.1. The molecular weight excluding hydrogens is 603 g/mol. The van der Waals surface area contributed by atoms with Crippen molar-refractivity contribution in [2.24, 2.45) is 0 Å². The number of ether oxygens (including phenoxy) is 1. The Morgan fingerprint density at radius 3 is 2.34 bits per heavy atom. The lowest BCUT2D eigenvalue weighted by Crippen LogP contribution is -2.23. The largest absolute Gasteiger partial charge is 0.489 e. The van der Waals surface area contributed by atoms with Crippen LogP contribution in [0.2, 0.25) is 0 Å². The van der Waals surface area contributed by atoms with Gasteiger partial charge in [0.2, 0.25) is 0 Å². The Bertz CT molecular complexity index is 1560. The number of carbonyl (C=O) groups is 1. The van der Waals surface area contributed by atoms with Crippen LogP contribution in [0.3, 0.4) is 0 Å². The van der Waals surface area contributed by atoms with Crippen LogP contribution in [-0.2, 0) is 17.9 Å². The van der Waals surface area contributed by atoms with Crippen molar-refractivity contribution in [1.29, 1.82) is 0 Å². The minimum atomic E-state index is 0.523. The first-order chi connectivity index (χ1) is 21.4. The Labute approximate surface area is 274 Å². The molecule has 0 radical (unpaired) electrons. The SMILES string of the molecule is CCCN(C)c1ccc2c(c1C)Sc1cc(N(C)C)ccc1N2Cc1ccc(OCc2ccc(SSCCC=O)cc2)cc1. The van der Waals surface area contributed by atoms with Gasteiger partial charge in [-0.1, -0.05) is 64.5 Å². The van der Waals surface area contributed by atoms with E-state index >= 15 is 0 Å². The van der Waals surface area contributed by atoms with Gasteiger partial charge in [0.1, 0.15) is 18.6 Å². The van der Waals surface area contributed by atoms with Gasteiger partial charge in [-0.3, -0.25) is 0 Å². The Morgan fingerprint density at radius 1 is 0.909 bits per heavy atom. The van der Waals surface area contributed by atoms with Crippen LogP contribution in [0.5, 0.6) is 5.75 Å². The van der Waals surface area contributed by atoms with E-state index in [1.54, 1.807) is 21.6 Å². The molecule has 0 N–H and O–H groups in total. The van der Waals surface area contributed by atoms with Crippen LogP contribution in [0.15, 0.2) is 93.5 Å². The molecule has 0 aromatic heterocycles. The van der Waals surface area contributed by atoms with Crippen LogP contribution in [0.4, 0.5) is 22.7 Å². The molecule has 5 rings (SSSR count). The molecule has 1 aliphatic heterocycles. The zero-order valence-electron chi connectivity index (χ0n) is 26.2. The van der Waals surface area contributed by atoms with Crippen LogP contribution < -0.4 is 19.4 Å². The van der Waals surface area contributed by atoms with Crippen molar-refractivity contribution in [3.05, 3.63) is 95.6 Å². The second-order valence-electron chi connectivity index (χ2n) is 11.2. The quantitative estimate of drug-likeness (QED) is 0.0764. The van der Waals surface area contributed by atoms with Crippen molar-refractivity contribution in [2.75, 3.05) is 48.1 Å². The molecule has 0 amide bonds. The van der Waals surface area contributed by atoms with E-state index in [0.29, 0.717) is 13.0 Å². The zero-order valence-corrected chi connectivity index (χ0v) is 28.7. The van der Waals surface area contributed by atoms with E-state index in [9.17, 15) is 4.79 Å². The third-order valence-electron chi connectivity index (χ3n) is 7.65. The maximum absolute atomic E-state index is 10.5. The number of benzene rings is 4. The lowest BCUT2D eigenvalue weighted by molar-refractivity contribution is -0.107. The maximum atomic E-state index is 10.5. The normalized spacial score (nSPS) is 12.0. The van der Waals surface area contributed by atoms with Crippen molar-refractivity contribution in [3.8, 4) is 5.75 Å². The molecule has 8 heteroatoms. The van der Waals surface area contributed by atoms with Gasteiger partial charge in [0.15, 0.2) is 0 Å². The summed E-state index contributed by atoms with van der Waals surface area (Å²) in [6.07, 6.45) is 2.68. The van der Waals surface area contributed by atoms with Crippen LogP contribution in [-0.4, -0.2) is 39.7 Å².